The van der Waals surface area contributed by atoms with E-state index in [-0.39, 0.29) is 0 Å². The van der Waals surface area contributed by atoms with Crippen LogP contribution in [0.3, 0.4) is 0 Å². The van der Waals surface area contributed by atoms with E-state index in [4.69, 9.17) is 0 Å². The maximum atomic E-state index is 12.9. The molecule has 0 saturated carbocycles. The van der Waals surface area contributed by atoms with Crippen molar-refractivity contribution < 1.29 is 8.78 Å². The highest BCUT2D eigenvalue weighted by molar-refractivity contribution is 9.10. The van der Waals surface area contributed by atoms with Gasteiger partial charge in [0.1, 0.15) is 0 Å². The van der Waals surface area contributed by atoms with Crippen LogP contribution >= 0.6 is 15.9 Å². The van der Waals surface area contributed by atoms with Crippen molar-refractivity contribution in [2.75, 3.05) is 13.1 Å². The Balaban J connectivity index is 2.72. The van der Waals surface area contributed by atoms with E-state index in [2.05, 4.69) is 21.2 Å². The van der Waals surface area contributed by atoms with Gasteiger partial charge in [-0.15, -0.1) is 0 Å². The third-order valence-corrected chi connectivity index (χ3v) is 2.65. The van der Waals surface area contributed by atoms with E-state index in [1.165, 1.54) is 6.07 Å². The highest BCUT2D eigenvalue weighted by Crippen LogP contribution is 2.20. The first kappa shape index (κ1) is 11.6. The number of hydrogen-bond acceptors (Lipinski definition) is 1. The summed E-state index contributed by atoms with van der Waals surface area (Å²) < 4.78 is 26.2. The largest absolute Gasteiger partial charge is 0.317 e. The van der Waals surface area contributed by atoms with Crippen molar-refractivity contribution in [3.05, 3.63) is 33.8 Å². The number of hydrogen-bond donors (Lipinski definition) is 1. The van der Waals surface area contributed by atoms with E-state index in [0.717, 1.165) is 24.7 Å². The third kappa shape index (κ3) is 3.03. The van der Waals surface area contributed by atoms with Crippen molar-refractivity contribution in [3.8, 4) is 0 Å². The first-order chi connectivity index (χ1) is 6.65. The second kappa shape index (κ2) is 5.41. The summed E-state index contributed by atoms with van der Waals surface area (Å²) in [6.07, 6.45) is 0.686. The van der Waals surface area contributed by atoms with E-state index in [1.807, 2.05) is 6.92 Å². The first-order valence-electron chi connectivity index (χ1n) is 4.49. The summed E-state index contributed by atoms with van der Waals surface area (Å²) in [5.74, 6) is -1.61. The number of nitrogens with one attached hydrogen (secondary N) is 1. The molecule has 0 saturated heterocycles. The predicted octanol–water partition coefficient (Wildman–Crippen LogP) is 2.88. The molecule has 4 heteroatoms. The van der Waals surface area contributed by atoms with Gasteiger partial charge in [-0.1, -0.05) is 22.9 Å². The molecule has 0 bridgehead atoms. The van der Waals surface area contributed by atoms with Gasteiger partial charge in [0.15, 0.2) is 11.6 Å². The van der Waals surface area contributed by atoms with Crippen LogP contribution in [0.5, 0.6) is 0 Å². The molecule has 0 aromatic heterocycles. The molecule has 0 amide bonds. The standard InChI is InChI=1S/C10H12BrF2N/c1-2-14-4-3-7-5-9(12)10(13)6-8(7)11/h5-6,14H,2-4H2,1H3. The fourth-order valence-electron chi connectivity index (χ4n) is 1.16. The Labute approximate surface area is 90.6 Å². The van der Waals surface area contributed by atoms with Gasteiger partial charge in [0.25, 0.3) is 0 Å². The Morgan fingerprint density at radius 3 is 2.57 bits per heavy atom. The van der Waals surface area contributed by atoms with Crippen LogP contribution in [0.1, 0.15) is 12.5 Å². The lowest BCUT2D eigenvalue weighted by molar-refractivity contribution is 0.506. The maximum absolute atomic E-state index is 12.9. The van der Waals surface area contributed by atoms with Gasteiger partial charge in [-0.25, -0.2) is 8.78 Å². The van der Waals surface area contributed by atoms with Crippen LogP contribution < -0.4 is 5.32 Å². The van der Waals surface area contributed by atoms with Gasteiger partial charge in [0, 0.05) is 4.47 Å². The molecule has 0 aliphatic rings. The minimum atomic E-state index is -0.816. The SMILES string of the molecule is CCNCCc1cc(F)c(F)cc1Br. The molecule has 14 heavy (non-hydrogen) atoms. The molecular weight excluding hydrogens is 252 g/mol. The summed E-state index contributed by atoms with van der Waals surface area (Å²) in [6.45, 7) is 3.64. The molecule has 0 radical (unpaired) electrons. The van der Waals surface area contributed by atoms with Crippen molar-refractivity contribution in [3.63, 3.8) is 0 Å². The Kier molecular flexibility index (Phi) is 4.48. The topological polar surface area (TPSA) is 12.0 Å². The lowest BCUT2D eigenvalue weighted by atomic mass is 10.1. The molecule has 1 N–H and O–H groups in total. The van der Waals surface area contributed by atoms with Crippen LogP contribution in [-0.4, -0.2) is 13.1 Å². The molecule has 0 heterocycles. The van der Waals surface area contributed by atoms with E-state index < -0.39 is 11.6 Å². The van der Waals surface area contributed by atoms with Crippen molar-refractivity contribution in [2.24, 2.45) is 0 Å². The number of benzene rings is 1. The second-order valence-electron chi connectivity index (χ2n) is 2.96. The van der Waals surface area contributed by atoms with Crippen LogP contribution in [-0.2, 0) is 6.42 Å². The predicted molar refractivity (Wildman–Crippen MR) is 56.3 cm³/mol. The normalized spacial score (nSPS) is 10.6. The van der Waals surface area contributed by atoms with Crippen molar-refractivity contribution >= 4 is 15.9 Å². The van der Waals surface area contributed by atoms with Gasteiger partial charge in [-0.3, -0.25) is 0 Å². The molecule has 1 nitrogen and oxygen atoms in total. The highest BCUT2D eigenvalue weighted by atomic mass is 79.9. The van der Waals surface area contributed by atoms with Gasteiger partial charge in [0.05, 0.1) is 0 Å². The number of rotatable bonds is 4. The van der Waals surface area contributed by atoms with Gasteiger partial charge >= 0.3 is 0 Å². The molecule has 1 rings (SSSR count). The summed E-state index contributed by atoms with van der Waals surface area (Å²) in [7, 11) is 0. The van der Waals surface area contributed by atoms with Crippen LogP contribution in [0.25, 0.3) is 0 Å². The Hall–Kier alpha value is -0.480. The fourth-order valence-corrected chi connectivity index (χ4v) is 1.67. The summed E-state index contributed by atoms with van der Waals surface area (Å²) in [4.78, 5) is 0. The number of halogens is 3. The van der Waals surface area contributed by atoms with Gasteiger partial charge < -0.3 is 5.32 Å². The molecule has 0 aliphatic heterocycles. The van der Waals surface area contributed by atoms with Gasteiger partial charge in [0.2, 0.25) is 0 Å². The molecule has 0 aliphatic carbocycles. The highest BCUT2D eigenvalue weighted by Gasteiger charge is 2.07. The van der Waals surface area contributed by atoms with Gasteiger partial charge in [-0.2, -0.15) is 0 Å². The average Bonchev–Trinajstić information content (AvgIpc) is 2.14. The Bertz CT molecular complexity index is 315. The number of likely N-dealkylation sites (N-methyl/N-ethyl adjacent to an activating group) is 1. The van der Waals surface area contributed by atoms with E-state index in [0.29, 0.717) is 10.9 Å². The smallest absolute Gasteiger partial charge is 0.159 e. The Morgan fingerprint density at radius 1 is 1.29 bits per heavy atom. The van der Waals surface area contributed by atoms with Crippen molar-refractivity contribution in [1.29, 1.82) is 0 Å². The first-order valence-corrected chi connectivity index (χ1v) is 5.28. The zero-order chi connectivity index (χ0) is 10.6. The lowest BCUT2D eigenvalue weighted by Crippen LogP contribution is -2.16. The summed E-state index contributed by atoms with van der Waals surface area (Å²) in [5, 5.41) is 3.12. The molecule has 1 aromatic rings. The van der Waals surface area contributed by atoms with Crippen LogP contribution in [0.4, 0.5) is 8.78 Å². The molecule has 0 atom stereocenters. The minimum absolute atomic E-state index is 0.620. The van der Waals surface area contributed by atoms with Crippen molar-refractivity contribution in [1.82, 2.24) is 5.32 Å². The Morgan fingerprint density at radius 2 is 1.93 bits per heavy atom. The van der Waals surface area contributed by atoms with E-state index in [1.54, 1.807) is 0 Å². The van der Waals surface area contributed by atoms with Gasteiger partial charge in [-0.05, 0) is 37.2 Å². The van der Waals surface area contributed by atoms with Crippen LogP contribution in [0.2, 0.25) is 0 Å². The van der Waals surface area contributed by atoms with E-state index >= 15 is 0 Å². The molecule has 0 unspecified atom stereocenters. The lowest BCUT2D eigenvalue weighted by Gasteiger charge is -2.05. The maximum Gasteiger partial charge on any atom is 0.159 e. The summed E-state index contributed by atoms with van der Waals surface area (Å²) >= 11 is 3.20. The quantitative estimate of drug-likeness (QED) is 0.651. The molecule has 0 spiro atoms. The van der Waals surface area contributed by atoms with Crippen molar-refractivity contribution in [2.45, 2.75) is 13.3 Å². The minimum Gasteiger partial charge on any atom is -0.317 e. The average molecular weight is 264 g/mol. The molecule has 1 aromatic carbocycles. The molecule has 0 fully saturated rings. The molecule has 78 valence electrons. The second-order valence-corrected chi connectivity index (χ2v) is 3.82. The molecular formula is C10H12BrF2N. The van der Waals surface area contributed by atoms with Crippen LogP contribution in [0.15, 0.2) is 16.6 Å². The third-order valence-electron chi connectivity index (χ3n) is 1.91. The summed E-state index contributed by atoms with van der Waals surface area (Å²) in [6, 6.07) is 2.40. The fraction of sp³-hybridized carbons (Fsp3) is 0.400. The zero-order valence-electron chi connectivity index (χ0n) is 7.91. The monoisotopic (exact) mass is 263 g/mol. The van der Waals surface area contributed by atoms with E-state index in [9.17, 15) is 8.78 Å². The van der Waals surface area contributed by atoms with Crippen LogP contribution in [0, 0.1) is 11.6 Å². The summed E-state index contributed by atoms with van der Waals surface area (Å²) in [5.41, 5.74) is 0.782. The zero-order valence-corrected chi connectivity index (χ0v) is 9.50.